The van der Waals surface area contributed by atoms with Crippen LogP contribution >= 0.6 is 0 Å². The number of hydrogen-bond acceptors (Lipinski definition) is 3. The van der Waals surface area contributed by atoms with Crippen molar-refractivity contribution >= 4 is 0 Å². The predicted octanol–water partition coefficient (Wildman–Crippen LogP) is 4.50. The van der Waals surface area contributed by atoms with Crippen molar-refractivity contribution in [2.45, 2.75) is 91.5 Å². The Bertz CT molecular complexity index is 246. The van der Waals surface area contributed by atoms with E-state index in [0.717, 1.165) is 32.7 Å². The minimum atomic E-state index is -0.159. The third-order valence-corrected chi connectivity index (χ3v) is 4.85. The van der Waals surface area contributed by atoms with Crippen LogP contribution in [0.1, 0.15) is 86.0 Å². The summed E-state index contributed by atoms with van der Waals surface area (Å²) < 4.78 is 5.70. The molecule has 0 aromatic carbocycles. The van der Waals surface area contributed by atoms with Gasteiger partial charge in [0.15, 0.2) is 0 Å². The monoisotopic (exact) mass is 314 g/mol. The number of nitrogens with two attached hydrogens (primary N) is 1. The fourth-order valence-electron chi connectivity index (χ4n) is 2.19. The van der Waals surface area contributed by atoms with Gasteiger partial charge >= 0.3 is 0 Å². The molecule has 0 aromatic heterocycles. The lowest BCUT2D eigenvalue weighted by molar-refractivity contribution is 0.125. The average molecular weight is 315 g/mol. The quantitative estimate of drug-likeness (QED) is 0.438. The Morgan fingerprint density at radius 2 is 1.36 bits per heavy atom. The van der Waals surface area contributed by atoms with Crippen molar-refractivity contribution in [1.29, 1.82) is 0 Å². The summed E-state index contributed by atoms with van der Waals surface area (Å²) in [5.74, 6) is 0. The van der Waals surface area contributed by atoms with Gasteiger partial charge in [0.05, 0.1) is 0 Å². The van der Waals surface area contributed by atoms with Crippen LogP contribution in [0, 0.1) is 5.41 Å². The molecule has 0 aliphatic carbocycles. The smallest absolute Gasteiger partial charge is 0.0478 e. The number of unbranched alkanes of at least 4 members (excludes halogenated alkanes) is 6. The van der Waals surface area contributed by atoms with E-state index >= 15 is 0 Å². The molecule has 0 aliphatic heterocycles. The molecule has 0 saturated carbocycles. The van der Waals surface area contributed by atoms with Crippen molar-refractivity contribution in [1.82, 2.24) is 5.32 Å². The van der Waals surface area contributed by atoms with Gasteiger partial charge in [-0.3, -0.25) is 0 Å². The predicted molar refractivity (Wildman–Crippen MR) is 98.3 cm³/mol. The summed E-state index contributed by atoms with van der Waals surface area (Å²) >= 11 is 0. The molecule has 3 heteroatoms. The standard InChI is InChI=1S/C19H42N2O/c1-6-7-8-9-10-11-12-15-22-16-13-14-21-17-18(2,3)19(4,5)20/h21H,6-17,20H2,1-5H3. The summed E-state index contributed by atoms with van der Waals surface area (Å²) in [6.45, 7) is 14.7. The van der Waals surface area contributed by atoms with E-state index in [1.807, 2.05) is 0 Å². The van der Waals surface area contributed by atoms with Gasteiger partial charge in [0, 0.05) is 25.3 Å². The second kappa shape index (κ2) is 12.3. The number of ether oxygens (including phenoxy) is 1. The summed E-state index contributed by atoms with van der Waals surface area (Å²) in [6, 6.07) is 0. The second-order valence-corrected chi connectivity index (χ2v) is 7.87. The van der Waals surface area contributed by atoms with Crippen LogP contribution in [0.4, 0.5) is 0 Å². The highest BCUT2D eigenvalue weighted by molar-refractivity contribution is 4.91. The topological polar surface area (TPSA) is 47.3 Å². The largest absolute Gasteiger partial charge is 0.381 e. The molecule has 0 heterocycles. The van der Waals surface area contributed by atoms with Crippen molar-refractivity contribution in [3.05, 3.63) is 0 Å². The Labute approximate surface area is 139 Å². The highest BCUT2D eigenvalue weighted by Gasteiger charge is 2.32. The summed E-state index contributed by atoms with van der Waals surface area (Å²) in [5.41, 5.74) is 6.14. The van der Waals surface area contributed by atoms with Crippen molar-refractivity contribution in [3.8, 4) is 0 Å². The van der Waals surface area contributed by atoms with Crippen molar-refractivity contribution in [2.24, 2.45) is 11.1 Å². The van der Waals surface area contributed by atoms with E-state index in [9.17, 15) is 0 Å². The van der Waals surface area contributed by atoms with Gasteiger partial charge in [-0.1, -0.05) is 59.3 Å². The zero-order valence-corrected chi connectivity index (χ0v) is 16.0. The molecule has 0 unspecified atom stereocenters. The van der Waals surface area contributed by atoms with E-state index in [2.05, 4.69) is 39.9 Å². The first-order chi connectivity index (χ1) is 10.3. The van der Waals surface area contributed by atoms with Gasteiger partial charge in [-0.2, -0.15) is 0 Å². The Morgan fingerprint density at radius 1 is 0.818 bits per heavy atom. The molecule has 3 N–H and O–H groups in total. The van der Waals surface area contributed by atoms with Crippen molar-refractivity contribution < 1.29 is 4.74 Å². The molecule has 0 aromatic rings. The molecule has 0 aliphatic rings. The zero-order valence-electron chi connectivity index (χ0n) is 16.0. The minimum absolute atomic E-state index is 0.103. The number of nitrogens with one attached hydrogen (secondary N) is 1. The van der Waals surface area contributed by atoms with E-state index in [-0.39, 0.29) is 11.0 Å². The molecule has 0 radical (unpaired) electrons. The van der Waals surface area contributed by atoms with E-state index in [1.165, 1.54) is 44.9 Å². The van der Waals surface area contributed by atoms with Gasteiger partial charge in [0.2, 0.25) is 0 Å². The molecular formula is C19H42N2O. The highest BCUT2D eigenvalue weighted by Crippen LogP contribution is 2.26. The normalized spacial score (nSPS) is 12.8. The van der Waals surface area contributed by atoms with Crippen molar-refractivity contribution in [2.75, 3.05) is 26.3 Å². The SMILES string of the molecule is CCCCCCCCCOCCCNCC(C)(C)C(C)(C)N. The number of rotatable bonds is 15. The molecule has 0 amide bonds. The molecule has 3 nitrogen and oxygen atoms in total. The zero-order chi connectivity index (χ0) is 16.9. The van der Waals surface area contributed by atoms with Crippen LogP contribution in [0.3, 0.4) is 0 Å². The Hall–Kier alpha value is -0.120. The molecule has 0 bridgehead atoms. The maximum atomic E-state index is 6.20. The Morgan fingerprint density at radius 3 is 1.95 bits per heavy atom. The molecule has 0 spiro atoms. The van der Waals surface area contributed by atoms with Gasteiger partial charge in [-0.05, 0) is 38.6 Å². The lowest BCUT2D eigenvalue weighted by atomic mass is 9.75. The fraction of sp³-hybridized carbons (Fsp3) is 1.00. The van der Waals surface area contributed by atoms with Crippen LogP contribution < -0.4 is 11.1 Å². The van der Waals surface area contributed by atoms with Crippen LogP contribution in [-0.4, -0.2) is 31.8 Å². The van der Waals surface area contributed by atoms with Gasteiger partial charge in [0.1, 0.15) is 0 Å². The lowest BCUT2D eigenvalue weighted by Gasteiger charge is -2.38. The average Bonchev–Trinajstić information content (AvgIpc) is 2.42. The van der Waals surface area contributed by atoms with Gasteiger partial charge in [0.25, 0.3) is 0 Å². The molecule has 0 fully saturated rings. The van der Waals surface area contributed by atoms with Gasteiger partial charge < -0.3 is 15.8 Å². The number of hydrogen-bond donors (Lipinski definition) is 2. The molecular weight excluding hydrogens is 272 g/mol. The highest BCUT2D eigenvalue weighted by atomic mass is 16.5. The Balaban J connectivity index is 3.28. The fourth-order valence-corrected chi connectivity index (χ4v) is 2.19. The first-order valence-electron chi connectivity index (χ1n) is 9.38. The first-order valence-corrected chi connectivity index (χ1v) is 9.38. The van der Waals surface area contributed by atoms with Crippen LogP contribution in [-0.2, 0) is 4.74 Å². The third kappa shape index (κ3) is 11.4. The maximum Gasteiger partial charge on any atom is 0.0478 e. The van der Waals surface area contributed by atoms with E-state index in [1.54, 1.807) is 0 Å². The van der Waals surface area contributed by atoms with Crippen LogP contribution in [0.15, 0.2) is 0 Å². The van der Waals surface area contributed by atoms with Crippen LogP contribution in [0.5, 0.6) is 0 Å². The molecule has 134 valence electrons. The van der Waals surface area contributed by atoms with E-state index < -0.39 is 0 Å². The van der Waals surface area contributed by atoms with Gasteiger partial charge in [-0.15, -0.1) is 0 Å². The summed E-state index contributed by atoms with van der Waals surface area (Å²) in [5, 5.41) is 3.50. The summed E-state index contributed by atoms with van der Waals surface area (Å²) in [4.78, 5) is 0. The summed E-state index contributed by atoms with van der Waals surface area (Å²) in [7, 11) is 0. The van der Waals surface area contributed by atoms with Crippen molar-refractivity contribution in [3.63, 3.8) is 0 Å². The molecule has 0 atom stereocenters. The van der Waals surface area contributed by atoms with E-state index in [4.69, 9.17) is 10.5 Å². The van der Waals surface area contributed by atoms with Crippen LogP contribution in [0.25, 0.3) is 0 Å². The molecule has 22 heavy (non-hydrogen) atoms. The minimum Gasteiger partial charge on any atom is -0.381 e. The summed E-state index contributed by atoms with van der Waals surface area (Å²) in [6.07, 6.45) is 10.5. The van der Waals surface area contributed by atoms with Gasteiger partial charge in [-0.25, -0.2) is 0 Å². The first kappa shape index (κ1) is 21.9. The van der Waals surface area contributed by atoms with Crippen LogP contribution in [0.2, 0.25) is 0 Å². The second-order valence-electron chi connectivity index (χ2n) is 7.87. The maximum absolute atomic E-state index is 6.20. The Kier molecular flexibility index (Phi) is 12.3. The molecule has 0 saturated heterocycles. The van der Waals surface area contributed by atoms with E-state index in [0.29, 0.717) is 0 Å². The third-order valence-electron chi connectivity index (χ3n) is 4.85. The molecule has 0 rings (SSSR count). The lowest BCUT2D eigenvalue weighted by Crippen LogP contribution is -2.52.